The Morgan fingerprint density at radius 2 is 1.87 bits per heavy atom. The van der Waals surface area contributed by atoms with Crippen molar-refractivity contribution in [1.29, 1.82) is 0 Å². The molecule has 0 spiro atoms. The Morgan fingerprint density at radius 3 is 2.53 bits per heavy atom. The normalized spacial score (nSPS) is 18.0. The van der Waals surface area contributed by atoms with Gasteiger partial charge in [-0.15, -0.1) is 13.2 Å². The average Bonchev–Trinajstić information content (AvgIpc) is 3.33. The second kappa shape index (κ2) is 10.7. The van der Waals surface area contributed by atoms with E-state index in [0.29, 0.717) is 25.4 Å². The van der Waals surface area contributed by atoms with E-state index >= 15 is 0 Å². The molecule has 1 atom stereocenters. The molecule has 11 nitrogen and oxygen atoms in total. The Bertz CT molecular complexity index is 1240. The third-order valence-corrected chi connectivity index (χ3v) is 6.27. The quantitative estimate of drug-likeness (QED) is 0.341. The largest absolute Gasteiger partial charge is 0.573 e. The van der Waals surface area contributed by atoms with Crippen molar-refractivity contribution in [3.63, 3.8) is 0 Å². The van der Waals surface area contributed by atoms with Crippen molar-refractivity contribution in [3.8, 4) is 17.5 Å². The molecule has 1 saturated heterocycles. The molecule has 1 aromatic carbocycles. The zero-order valence-corrected chi connectivity index (χ0v) is 20.1. The predicted octanol–water partition coefficient (Wildman–Crippen LogP) is 3.68. The Balaban J connectivity index is 1.06. The van der Waals surface area contributed by atoms with Crippen LogP contribution in [0.2, 0.25) is 0 Å². The first-order valence-electron chi connectivity index (χ1n) is 12.0. The van der Waals surface area contributed by atoms with Gasteiger partial charge in [-0.05, 0) is 40.8 Å². The summed E-state index contributed by atoms with van der Waals surface area (Å²) in [6.07, 6.45) is -0.0758. The average molecular weight is 534 g/mol. The number of aromatic nitrogens is 3. The van der Waals surface area contributed by atoms with E-state index < -0.39 is 11.3 Å². The molecule has 1 fully saturated rings. The van der Waals surface area contributed by atoms with E-state index in [9.17, 15) is 23.3 Å². The highest BCUT2D eigenvalue weighted by Crippen LogP contribution is 2.27. The lowest BCUT2D eigenvalue weighted by atomic mass is 10.1. The number of ether oxygens (including phenoxy) is 3. The molecular formula is C24H25F3N6O5. The van der Waals surface area contributed by atoms with Gasteiger partial charge in [-0.2, -0.15) is 0 Å². The van der Waals surface area contributed by atoms with Gasteiger partial charge in [0.1, 0.15) is 36.2 Å². The highest BCUT2D eigenvalue weighted by Gasteiger charge is 2.31. The van der Waals surface area contributed by atoms with Gasteiger partial charge in [0, 0.05) is 50.2 Å². The van der Waals surface area contributed by atoms with Crippen LogP contribution in [0.25, 0.3) is 0 Å². The van der Waals surface area contributed by atoms with Crippen LogP contribution in [-0.4, -0.2) is 57.7 Å². The van der Waals surface area contributed by atoms with Crippen molar-refractivity contribution < 1.29 is 32.3 Å². The Kier molecular flexibility index (Phi) is 7.22. The maximum Gasteiger partial charge on any atom is 0.573 e. The van der Waals surface area contributed by atoms with Crippen LogP contribution in [0.3, 0.4) is 0 Å². The van der Waals surface area contributed by atoms with Crippen LogP contribution >= 0.6 is 0 Å². The van der Waals surface area contributed by atoms with Crippen molar-refractivity contribution >= 4 is 11.6 Å². The maximum absolute atomic E-state index is 12.3. The predicted molar refractivity (Wildman–Crippen MR) is 128 cm³/mol. The fraction of sp³-hybridized carbons (Fsp3) is 0.417. The first kappa shape index (κ1) is 25.6. The van der Waals surface area contributed by atoms with Crippen molar-refractivity contribution in [3.05, 3.63) is 64.5 Å². The number of piperidine rings is 1. The molecule has 14 heteroatoms. The van der Waals surface area contributed by atoms with Crippen LogP contribution in [0.15, 0.2) is 48.8 Å². The highest BCUT2D eigenvalue weighted by atomic mass is 19.4. The van der Waals surface area contributed by atoms with E-state index in [1.807, 2.05) is 18.3 Å². The van der Waals surface area contributed by atoms with Crippen LogP contribution < -0.4 is 24.4 Å². The SMILES string of the molecule is O=[N+]([O-])c1cn2c(n1)OCC(NCc1ccc(N3CCC(Oc4ccc(OC(F)(F)F)cc4)CC3)nc1)C2. The minimum atomic E-state index is -4.72. The van der Waals surface area contributed by atoms with Gasteiger partial charge in [-0.1, -0.05) is 6.07 Å². The molecule has 5 rings (SSSR count). The second-order valence-corrected chi connectivity index (χ2v) is 9.03. The summed E-state index contributed by atoms with van der Waals surface area (Å²) in [6, 6.07) is 9.61. The van der Waals surface area contributed by atoms with Crippen LogP contribution in [0.5, 0.6) is 17.5 Å². The van der Waals surface area contributed by atoms with Gasteiger partial charge >= 0.3 is 18.2 Å². The second-order valence-electron chi connectivity index (χ2n) is 9.03. The number of rotatable bonds is 8. The molecule has 38 heavy (non-hydrogen) atoms. The highest BCUT2D eigenvalue weighted by molar-refractivity contribution is 5.40. The summed E-state index contributed by atoms with van der Waals surface area (Å²) in [5.74, 6) is 0.843. The summed E-state index contributed by atoms with van der Waals surface area (Å²) in [7, 11) is 0. The number of nitrogens with zero attached hydrogens (tertiary/aromatic N) is 5. The van der Waals surface area contributed by atoms with Crippen LogP contribution in [-0.2, 0) is 13.1 Å². The lowest BCUT2D eigenvalue weighted by molar-refractivity contribution is -0.389. The molecule has 0 saturated carbocycles. The minimum Gasteiger partial charge on any atom is -0.490 e. The molecular weight excluding hydrogens is 509 g/mol. The lowest BCUT2D eigenvalue weighted by Crippen LogP contribution is -2.41. The fourth-order valence-corrected chi connectivity index (χ4v) is 4.39. The molecule has 2 aromatic heterocycles. The third kappa shape index (κ3) is 6.43. The Morgan fingerprint density at radius 1 is 1.13 bits per heavy atom. The molecule has 0 bridgehead atoms. The monoisotopic (exact) mass is 534 g/mol. The summed E-state index contributed by atoms with van der Waals surface area (Å²) in [5, 5.41) is 14.3. The summed E-state index contributed by atoms with van der Waals surface area (Å²) in [6.45, 7) is 2.93. The molecule has 1 unspecified atom stereocenters. The standard InChI is InChI=1S/C24H25F3N6O5/c25-24(26,27)38-20-4-2-18(3-5-20)37-19-7-9-31(10-8-19)21-6-1-16(12-29-21)11-28-17-13-32-14-22(33(34)35)30-23(32)36-15-17/h1-6,12,14,17,19,28H,7-11,13,15H2. The van der Waals surface area contributed by atoms with E-state index in [-0.39, 0.29) is 29.7 Å². The molecule has 1 N–H and O–H groups in total. The van der Waals surface area contributed by atoms with Gasteiger partial charge in [0.15, 0.2) is 0 Å². The molecule has 2 aliphatic rings. The number of hydrogen-bond acceptors (Lipinski definition) is 9. The van der Waals surface area contributed by atoms with Crippen LogP contribution in [0, 0.1) is 10.1 Å². The number of nitro groups is 1. The lowest BCUT2D eigenvalue weighted by Gasteiger charge is -2.33. The molecule has 3 aromatic rings. The number of halogens is 3. The number of imidazole rings is 1. The Labute approximate surface area is 215 Å². The van der Waals surface area contributed by atoms with Gasteiger partial charge in [0.05, 0.1) is 6.04 Å². The van der Waals surface area contributed by atoms with Crippen molar-refractivity contribution in [2.75, 3.05) is 24.6 Å². The van der Waals surface area contributed by atoms with Crippen LogP contribution in [0.4, 0.5) is 24.8 Å². The Hall–Kier alpha value is -4.07. The number of anilines is 1. The van der Waals surface area contributed by atoms with E-state index in [0.717, 1.165) is 37.3 Å². The van der Waals surface area contributed by atoms with Gasteiger partial charge in [0.25, 0.3) is 0 Å². The summed E-state index contributed by atoms with van der Waals surface area (Å²) >= 11 is 0. The number of pyridine rings is 1. The molecule has 0 aliphatic carbocycles. The molecule has 0 amide bonds. The summed E-state index contributed by atoms with van der Waals surface area (Å²) in [5.41, 5.74) is 0.993. The molecule has 4 heterocycles. The van der Waals surface area contributed by atoms with Gasteiger partial charge in [-0.3, -0.25) is 4.57 Å². The van der Waals surface area contributed by atoms with Gasteiger partial charge in [-0.25, -0.2) is 4.98 Å². The zero-order valence-electron chi connectivity index (χ0n) is 20.1. The number of nitrogens with one attached hydrogen (secondary N) is 1. The van der Waals surface area contributed by atoms with E-state index in [1.165, 1.54) is 30.5 Å². The molecule has 202 valence electrons. The summed E-state index contributed by atoms with van der Waals surface area (Å²) in [4.78, 5) is 21.0. The maximum atomic E-state index is 12.3. The first-order valence-corrected chi connectivity index (χ1v) is 12.0. The number of benzene rings is 1. The van der Waals surface area contributed by atoms with E-state index in [1.54, 1.807) is 4.57 Å². The zero-order chi connectivity index (χ0) is 26.7. The van der Waals surface area contributed by atoms with Gasteiger partial charge in [0.2, 0.25) is 0 Å². The smallest absolute Gasteiger partial charge is 0.490 e. The first-order chi connectivity index (χ1) is 18.2. The third-order valence-electron chi connectivity index (χ3n) is 6.27. The minimum absolute atomic E-state index is 0.0247. The number of hydrogen-bond donors (Lipinski definition) is 1. The number of alkyl halides is 3. The van der Waals surface area contributed by atoms with Gasteiger partial charge < -0.3 is 34.5 Å². The van der Waals surface area contributed by atoms with Crippen molar-refractivity contribution in [1.82, 2.24) is 19.9 Å². The topological polar surface area (TPSA) is 117 Å². The van der Waals surface area contributed by atoms with Crippen molar-refractivity contribution in [2.24, 2.45) is 0 Å². The van der Waals surface area contributed by atoms with Crippen molar-refractivity contribution in [2.45, 2.75) is 44.4 Å². The molecule has 0 radical (unpaired) electrons. The van der Waals surface area contributed by atoms with E-state index in [4.69, 9.17) is 9.47 Å². The van der Waals surface area contributed by atoms with E-state index in [2.05, 4.69) is 24.9 Å². The molecule has 2 aliphatic heterocycles. The summed E-state index contributed by atoms with van der Waals surface area (Å²) < 4.78 is 53.9. The van der Waals surface area contributed by atoms with Crippen LogP contribution in [0.1, 0.15) is 18.4 Å². The fourth-order valence-electron chi connectivity index (χ4n) is 4.39. The number of fused-ring (bicyclic) bond motifs is 1.